The van der Waals surface area contributed by atoms with Crippen molar-refractivity contribution in [2.75, 3.05) is 58.4 Å². The fraction of sp³-hybridized carbons (Fsp3) is 0.409. The van der Waals surface area contributed by atoms with E-state index in [4.69, 9.17) is 9.47 Å². The first-order chi connectivity index (χ1) is 13.7. The molecule has 1 fully saturated rings. The average molecular weight is 385 g/mol. The molecule has 1 aliphatic rings. The summed E-state index contributed by atoms with van der Waals surface area (Å²) in [6.45, 7) is 4.87. The van der Waals surface area contributed by atoms with Crippen LogP contribution in [0.3, 0.4) is 0 Å². The van der Waals surface area contributed by atoms with Crippen LogP contribution < -0.4 is 24.6 Å². The molecule has 2 aromatic rings. The normalized spacial score (nSPS) is 14.6. The van der Waals surface area contributed by atoms with Crippen LogP contribution in [0.5, 0.6) is 11.5 Å². The smallest absolute Gasteiger partial charge is 0.275 e. The summed E-state index contributed by atoms with van der Waals surface area (Å²) in [5.41, 5.74) is 2.24. The Morgan fingerprint density at radius 2 is 1.64 bits per heavy atom. The van der Waals surface area contributed by atoms with E-state index in [0.717, 1.165) is 55.3 Å². The molecule has 0 atom stereocenters. The Hall–Kier alpha value is -2.73. The molecular weight excluding hydrogens is 354 g/mol. The van der Waals surface area contributed by atoms with E-state index in [1.54, 1.807) is 14.2 Å². The van der Waals surface area contributed by atoms with Gasteiger partial charge in [-0.15, -0.1) is 0 Å². The lowest BCUT2D eigenvalue weighted by molar-refractivity contribution is -0.892. The second-order valence-corrected chi connectivity index (χ2v) is 7.00. The Kier molecular flexibility index (Phi) is 7.14. The number of anilines is 1. The number of carbonyl (C=O) groups is 1. The number of hydrogen-bond donors (Lipinski definition) is 2. The third kappa shape index (κ3) is 5.16. The molecule has 1 saturated heterocycles. The highest BCUT2D eigenvalue weighted by Gasteiger charge is 2.23. The lowest BCUT2D eigenvalue weighted by Gasteiger charge is -2.34. The Morgan fingerprint density at radius 3 is 2.36 bits per heavy atom. The number of amides is 1. The molecule has 0 bridgehead atoms. The van der Waals surface area contributed by atoms with Gasteiger partial charge in [-0.05, 0) is 30.2 Å². The van der Waals surface area contributed by atoms with Crippen molar-refractivity contribution in [3.05, 3.63) is 54.1 Å². The quantitative estimate of drug-likeness (QED) is 0.706. The van der Waals surface area contributed by atoms with Crippen LogP contribution in [-0.4, -0.2) is 59.4 Å². The number of carbonyl (C=O) groups excluding carboxylic acids is 1. The number of quaternary nitrogens is 1. The highest BCUT2D eigenvalue weighted by atomic mass is 16.5. The number of para-hydroxylation sites is 3. The van der Waals surface area contributed by atoms with Crippen LogP contribution in [0.4, 0.5) is 5.69 Å². The lowest BCUT2D eigenvalue weighted by Crippen LogP contribution is -3.16. The molecule has 6 nitrogen and oxygen atoms in total. The van der Waals surface area contributed by atoms with Crippen LogP contribution in [-0.2, 0) is 11.2 Å². The first-order valence-electron chi connectivity index (χ1n) is 9.81. The van der Waals surface area contributed by atoms with E-state index in [9.17, 15) is 4.79 Å². The van der Waals surface area contributed by atoms with Gasteiger partial charge in [-0.1, -0.05) is 30.3 Å². The van der Waals surface area contributed by atoms with Gasteiger partial charge in [0.15, 0.2) is 6.54 Å². The summed E-state index contributed by atoms with van der Waals surface area (Å²) < 4.78 is 10.8. The molecule has 1 heterocycles. The molecule has 0 unspecified atom stereocenters. The van der Waals surface area contributed by atoms with Crippen molar-refractivity contribution in [2.24, 2.45) is 0 Å². The van der Waals surface area contributed by atoms with Crippen LogP contribution in [0.2, 0.25) is 0 Å². The molecule has 28 heavy (non-hydrogen) atoms. The number of hydrogen-bond acceptors (Lipinski definition) is 4. The van der Waals surface area contributed by atoms with Gasteiger partial charge < -0.3 is 24.6 Å². The van der Waals surface area contributed by atoms with Gasteiger partial charge in [-0.25, -0.2) is 0 Å². The molecule has 0 aromatic heterocycles. The SMILES string of the molecule is COc1ccccc1CCNC(=O)C[NH+]1CCN(c2ccccc2OC)CC1. The van der Waals surface area contributed by atoms with E-state index in [-0.39, 0.29) is 5.91 Å². The van der Waals surface area contributed by atoms with Crippen molar-refractivity contribution in [3.8, 4) is 11.5 Å². The lowest BCUT2D eigenvalue weighted by atomic mass is 10.1. The molecular formula is C22H30N3O3+. The molecule has 0 saturated carbocycles. The van der Waals surface area contributed by atoms with Crippen LogP contribution in [0, 0.1) is 0 Å². The van der Waals surface area contributed by atoms with Crippen molar-refractivity contribution in [3.63, 3.8) is 0 Å². The largest absolute Gasteiger partial charge is 0.496 e. The number of nitrogens with one attached hydrogen (secondary N) is 2. The molecule has 1 amide bonds. The zero-order valence-electron chi connectivity index (χ0n) is 16.7. The summed E-state index contributed by atoms with van der Waals surface area (Å²) in [6, 6.07) is 16.0. The predicted octanol–water partition coefficient (Wildman–Crippen LogP) is 0.768. The van der Waals surface area contributed by atoms with Gasteiger partial charge in [0, 0.05) is 6.54 Å². The number of benzene rings is 2. The summed E-state index contributed by atoms with van der Waals surface area (Å²) in [5.74, 6) is 1.88. The Bertz CT molecular complexity index is 773. The monoisotopic (exact) mass is 384 g/mol. The van der Waals surface area contributed by atoms with Crippen molar-refractivity contribution in [1.82, 2.24) is 5.32 Å². The number of rotatable bonds is 8. The maximum atomic E-state index is 12.3. The molecule has 2 N–H and O–H groups in total. The predicted molar refractivity (Wildman–Crippen MR) is 110 cm³/mol. The highest BCUT2D eigenvalue weighted by molar-refractivity contribution is 5.76. The summed E-state index contributed by atoms with van der Waals surface area (Å²) in [6.07, 6.45) is 0.771. The molecule has 6 heteroatoms. The first-order valence-corrected chi connectivity index (χ1v) is 9.81. The van der Waals surface area contributed by atoms with E-state index in [0.29, 0.717) is 13.1 Å². The van der Waals surface area contributed by atoms with E-state index >= 15 is 0 Å². The third-order valence-electron chi connectivity index (χ3n) is 5.22. The van der Waals surface area contributed by atoms with E-state index in [1.807, 2.05) is 42.5 Å². The minimum absolute atomic E-state index is 0.107. The Balaban J connectivity index is 1.41. The maximum absolute atomic E-state index is 12.3. The summed E-state index contributed by atoms with van der Waals surface area (Å²) in [4.78, 5) is 16.0. The second-order valence-electron chi connectivity index (χ2n) is 7.00. The Morgan fingerprint density at radius 1 is 1.00 bits per heavy atom. The van der Waals surface area contributed by atoms with Crippen LogP contribution in [0.15, 0.2) is 48.5 Å². The number of nitrogens with zero attached hydrogens (tertiary/aromatic N) is 1. The summed E-state index contributed by atoms with van der Waals surface area (Å²) >= 11 is 0. The fourth-order valence-corrected chi connectivity index (χ4v) is 3.67. The summed E-state index contributed by atoms with van der Waals surface area (Å²) in [5, 5.41) is 3.04. The average Bonchev–Trinajstić information content (AvgIpc) is 2.74. The van der Waals surface area contributed by atoms with Crippen LogP contribution in [0.1, 0.15) is 5.56 Å². The van der Waals surface area contributed by atoms with Gasteiger partial charge in [0.25, 0.3) is 5.91 Å². The molecule has 3 rings (SSSR count). The van der Waals surface area contributed by atoms with E-state index < -0.39 is 0 Å². The second kappa shape index (κ2) is 9.99. The van der Waals surface area contributed by atoms with E-state index in [1.165, 1.54) is 4.90 Å². The van der Waals surface area contributed by atoms with E-state index in [2.05, 4.69) is 16.3 Å². The Labute approximate surface area is 167 Å². The maximum Gasteiger partial charge on any atom is 0.275 e. The standard InChI is InChI=1S/C22H29N3O3/c1-27-20-9-5-3-7-18(20)11-12-23-22(26)17-24-13-15-25(16-14-24)19-8-4-6-10-21(19)28-2/h3-10H,11-17H2,1-2H3,(H,23,26)/p+1. The highest BCUT2D eigenvalue weighted by Crippen LogP contribution is 2.27. The minimum Gasteiger partial charge on any atom is -0.496 e. The molecule has 2 aromatic carbocycles. The van der Waals surface area contributed by atoms with Crippen molar-refractivity contribution in [2.45, 2.75) is 6.42 Å². The first kappa shape index (κ1) is 20.0. The van der Waals surface area contributed by atoms with Crippen LogP contribution >= 0.6 is 0 Å². The zero-order chi connectivity index (χ0) is 19.8. The van der Waals surface area contributed by atoms with Gasteiger partial charge in [-0.3, -0.25) is 4.79 Å². The summed E-state index contributed by atoms with van der Waals surface area (Å²) in [7, 11) is 3.38. The van der Waals surface area contributed by atoms with Crippen molar-refractivity contribution >= 4 is 11.6 Å². The number of methoxy groups -OCH3 is 2. The van der Waals surface area contributed by atoms with Gasteiger partial charge >= 0.3 is 0 Å². The molecule has 1 aliphatic heterocycles. The topological polar surface area (TPSA) is 55.2 Å². The van der Waals surface area contributed by atoms with Crippen molar-refractivity contribution < 1.29 is 19.2 Å². The van der Waals surface area contributed by atoms with Gasteiger partial charge in [0.1, 0.15) is 11.5 Å². The van der Waals surface area contributed by atoms with Crippen molar-refractivity contribution in [1.29, 1.82) is 0 Å². The zero-order valence-corrected chi connectivity index (χ0v) is 16.7. The minimum atomic E-state index is 0.107. The van der Waals surface area contributed by atoms with Gasteiger partial charge in [-0.2, -0.15) is 0 Å². The third-order valence-corrected chi connectivity index (χ3v) is 5.22. The molecule has 150 valence electrons. The molecule has 0 aliphatic carbocycles. The van der Waals surface area contributed by atoms with Gasteiger partial charge in [0.2, 0.25) is 0 Å². The number of ether oxygens (including phenoxy) is 2. The van der Waals surface area contributed by atoms with Gasteiger partial charge in [0.05, 0.1) is 46.1 Å². The number of piperazine rings is 1. The van der Waals surface area contributed by atoms with Crippen LogP contribution in [0.25, 0.3) is 0 Å². The molecule has 0 spiro atoms. The molecule has 0 radical (unpaired) electrons. The fourth-order valence-electron chi connectivity index (χ4n) is 3.67.